The first-order valence-corrected chi connectivity index (χ1v) is 12.0. The molecule has 0 radical (unpaired) electrons. The molecule has 0 atom stereocenters. The number of fused-ring (bicyclic) bond motifs is 3. The Bertz CT molecular complexity index is 1130. The highest BCUT2D eigenvalue weighted by molar-refractivity contribution is 6.87. The summed E-state index contributed by atoms with van der Waals surface area (Å²) in [4.78, 5) is 0. The Morgan fingerprint density at radius 3 is 0.944 bits per heavy atom. The zero-order valence-electron chi connectivity index (χ0n) is 19.3. The molecule has 0 aliphatic carbocycles. The standard InChI is InChI=1S/C24H21B3O9/c1-4-19-22(31-10-7-28-19)13-16(1)25-34-26(17-2-5-20-23(14-17)32-11-8-29-20)36-27(35-25)18-3-6-21-24(15-18)33-12-9-30-21/h1-6,13-15H,7-12H2. The van der Waals surface area contributed by atoms with Crippen LogP contribution in [0.1, 0.15) is 0 Å². The first-order chi connectivity index (χ1) is 17.8. The van der Waals surface area contributed by atoms with Crippen LogP contribution in [0.5, 0.6) is 34.5 Å². The zero-order chi connectivity index (χ0) is 23.9. The number of rotatable bonds is 3. The van der Waals surface area contributed by atoms with Crippen molar-refractivity contribution in [1.29, 1.82) is 0 Å². The minimum atomic E-state index is -0.731. The van der Waals surface area contributed by atoms with Crippen molar-refractivity contribution in [3.05, 3.63) is 54.6 Å². The van der Waals surface area contributed by atoms with Crippen LogP contribution >= 0.6 is 0 Å². The molecule has 7 rings (SSSR count). The molecular formula is C24H21B3O9. The molecule has 12 heteroatoms. The summed E-state index contributed by atoms with van der Waals surface area (Å²) in [7, 11) is -2.19. The minimum Gasteiger partial charge on any atom is -0.486 e. The van der Waals surface area contributed by atoms with E-state index in [0.29, 0.717) is 74.1 Å². The summed E-state index contributed by atoms with van der Waals surface area (Å²) in [6.07, 6.45) is 0. The molecule has 0 bridgehead atoms. The van der Waals surface area contributed by atoms with Crippen molar-refractivity contribution < 1.29 is 42.1 Å². The maximum atomic E-state index is 6.31. The van der Waals surface area contributed by atoms with Gasteiger partial charge in [0.2, 0.25) is 0 Å². The van der Waals surface area contributed by atoms with Crippen molar-refractivity contribution >= 4 is 37.7 Å². The fourth-order valence-electron chi connectivity index (χ4n) is 4.52. The molecule has 180 valence electrons. The molecule has 9 nitrogen and oxygen atoms in total. The highest BCUT2D eigenvalue weighted by Gasteiger charge is 2.44. The Kier molecular flexibility index (Phi) is 5.57. The predicted octanol–water partition coefficient (Wildman–Crippen LogP) is 0.550. The van der Waals surface area contributed by atoms with Gasteiger partial charge in [0.15, 0.2) is 34.5 Å². The molecule has 4 aliphatic heterocycles. The van der Waals surface area contributed by atoms with Crippen molar-refractivity contribution in [1.82, 2.24) is 0 Å². The molecule has 1 saturated heterocycles. The summed E-state index contributed by atoms with van der Waals surface area (Å²) in [6.45, 7) is 3.04. The minimum absolute atomic E-state index is 0.492. The maximum absolute atomic E-state index is 6.31. The lowest BCUT2D eigenvalue weighted by molar-refractivity contribution is 0.171. The van der Waals surface area contributed by atoms with E-state index in [-0.39, 0.29) is 0 Å². The van der Waals surface area contributed by atoms with Crippen LogP contribution in [0, 0.1) is 0 Å². The van der Waals surface area contributed by atoms with E-state index >= 15 is 0 Å². The lowest BCUT2D eigenvalue weighted by Crippen LogP contribution is -2.61. The van der Waals surface area contributed by atoms with Gasteiger partial charge in [-0.25, -0.2) is 0 Å². The summed E-state index contributed by atoms with van der Waals surface area (Å²) in [6, 6.07) is 17.0. The van der Waals surface area contributed by atoms with E-state index in [2.05, 4.69) is 0 Å². The van der Waals surface area contributed by atoms with E-state index in [1.807, 2.05) is 54.6 Å². The zero-order valence-corrected chi connectivity index (χ0v) is 19.3. The summed E-state index contributed by atoms with van der Waals surface area (Å²) < 4.78 is 53.3. The summed E-state index contributed by atoms with van der Waals surface area (Å²) in [5.41, 5.74) is 2.35. The number of hydrogen-bond acceptors (Lipinski definition) is 9. The molecule has 3 aromatic carbocycles. The van der Waals surface area contributed by atoms with Crippen LogP contribution in [0.3, 0.4) is 0 Å². The van der Waals surface area contributed by atoms with Crippen LogP contribution in [0.2, 0.25) is 0 Å². The SMILES string of the molecule is c1cc2c(cc1B1OB(c3ccc4c(c3)OCCO4)OB(c3ccc4c(c3)OCCO4)O1)OCCO2. The monoisotopic (exact) mass is 486 g/mol. The lowest BCUT2D eigenvalue weighted by atomic mass is 9.61. The second kappa shape index (κ2) is 9.20. The molecular weight excluding hydrogens is 465 g/mol. The predicted molar refractivity (Wildman–Crippen MR) is 132 cm³/mol. The van der Waals surface area contributed by atoms with Crippen LogP contribution in [-0.4, -0.2) is 61.0 Å². The largest absolute Gasteiger partial charge is 0.486 e. The average molecular weight is 486 g/mol. The topological polar surface area (TPSA) is 83.1 Å². The van der Waals surface area contributed by atoms with Gasteiger partial charge >= 0.3 is 21.4 Å². The smallest absolute Gasteiger partial charge is 0.467 e. The highest BCUT2D eigenvalue weighted by Crippen LogP contribution is 2.31. The van der Waals surface area contributed by atoms with Gasteiger partial charge in [0.05, 0.1) is 0 Å². The highest BCUT2D eigenvalue weighted by atomic mass is 16.7. The van der Waals surface area contributed by atoms with E-state index in [0.717, 1.165) is 16.4 Å². The third-order valence-corrected chi connectivity index (χ3v) is 6.26. The Morgan fingerprint density at radius 1 is 0.361 bits per heavy atom. The fourth-order valence-corrected chi connectivity index (χ4v) is 4.52. The number of ether oxygens (including phenoxy) is 6. The van der Waals surface area contributed by atoms with Crippen molar-refractivity contribution in [2.45, 2.75) is 0 Å². The van der Waals surface area contributed by atoms with E-state index in [9.17, 15) is 0 Å². The van der Waals surface area contributed by atoms with E-state index in [1.165, 1.54) is 0 Å². The number of benzene rings is 3. The second-order valence-corrected chi connectivity index (χ2v) is 8.61. The van der Waals surface area contributed by atoms with Gasteiger partial charge < -0.3 is 42.1 Å². The van der Waals surface area contributed by atoms with Gasteiger partial charge in [0, 0.05) is 0 Å². The second-order valence-electron chi connectivity index (χ2n) is 8.61. The fraction of sp³-hybridized carbons (Fsp3) is 0.250. The summed E-state index contributed by atoms with van der Waals surface area (Å²) in [5.74, 6) is 4.06. The lowest BCUT2D eigenvalue weighted by Gasteiger charge is -2.32. The van der Waals surface area contributed by atoms with Gasteiger partial charge in [-0.15, -0.1) is 0 Å². The molecule has 0 saturated carbocycles. The Morgan fingerprint density at radius 2 is 0.639 bits per heavy atom. The summed E-state index contributed by atoms with van der Waals surface area (Å²) >= 11 is 0. The van der Waals surface area contributed by atoms with Gasteiger partial charge in [-0.1, -0.05) is 18.2 Å². The van der Waals surface area contributed by atoms with Gasteiger partial charge in [0.25, 0.3) is 0 Å². The Balaban J connectivity index is 1.23. The van der Waals surface area contributed by atoms with Gasteiger partial charge in [0.1, 0.15) is 39.6 Å². The maximum Gasteiger partial charge on any atom is 0.467 e. The van der Waals surface area contributed by atoms with E-state index in [1.54, 1.807) is 0 Å². The normalized spacial score (nSPS) is 18.2. The van der Waals surface area contributed by atoms with E-state index < -0.39 is 21.4 Å². The average Bonchev–Trinajstić information content (AvgIpc) is 2.96. The van der Waals surface area contributed by atoms with Crippen LogP contribution in [0.25, 0.3) is 0 Å². The molecule has 4 aliphatic rings. The first kappa shape index (κ1) is 21.8. The van der Waals surface area contributed by atoms with E-state index in [4.69, 9.17) is 42.1 Å². The van der Waals surface area contributed by atoms with Crippen LogP contribution in [0.4, 0.5) is 0 Å². The van der Waals surface area contributed by atoms with Gasteiger partial charge in [-0.2, -0.15) is 0 Å². The molecule has 0 spiro atoms. The molecule has 3 aromatic rings. The van der Waals surface area contributed by atoms with Gasteiger partial charge in [-0.3, -0.25) is 0 Å². The van der Waals surface area contributed by atoms with Crippen molar-refractivity contribution in [2.75, 3.05) is 39.6 Å². The van der Waals surface area contributed by atoms with Crippen molar-refractivity contribution in [3.63, 3.8) is 0 Å². The third kappa shape index (κ3) is 4.11. The van der Waals surface area contributed by atoms with Crippen LogP contribution < -0.4 is 44.8 Å². The summed E-state index contributed by atoms with van der Waals surface area (Å²) in [5, 5.41) is 0. The van der Waals surface area contributed by atoms with Crippen molar-refractivity contribution in [2.24, 2.45) is 0 Å². The number of hydrogen-bond donors (Lipinski definition) is 0. The quantitative estimate of drug-likeness (QED) is 0.494. The Labute approximate surface area is 208 Å². The molecule has 36 heavy (non-hydrogen) atoms. The Hall–Kier alpha value is -3.47. The molecule has 1 fully saturated rings. The molecule has 0 amide bonds. The van der Waals surface area contributed by atoms with Crippen molar-refractivity contribution in [3.8, 4) is 34.5 Å². The van der Waals surface area contributed by atoms with Crippen LogP contribution in [-0.2, 0) is 13.7 Å². The van der Waals surface area contributed by atoms with Crippen LogP contribution in [0.15, 0.2) is 54.6 Å². The molecule has 0 unspecified atom stereocenters. The van der Waals surface area contributed by atoms with Gasteiger partial charge in [-0.05, 0) is 52.8 Å². The molecule has 0 aromatic heterocycles. The molecule has 0 N–H and O–H groups in total. The molecule has 4 heterocycles. The third-order valence-electron chi connectivity index (χ3n) is 6.26. The first-order valence-electron chi connectivity index (χ1n) is 12.0.